The van der Waals surface area contributed by atoms with Gasteiger partial charge in [0.2, 0.25) is 5.16 Å². The molecule has 2 aromatic heterocycles. The van der Waals surface area contributed by atoms with Crippen LogP contribution in [0.1, 0.15) is 0 Å². The van der Waals surface area contributed by atoms with Gasteiger partial charge in [0, 0.05) is 23.9 Å². The lowest BCUT2D eigenvalue weighted by atomic mass is 10.1. The van der Waals surface area contributed by atoms with Crippen molar-refractivity contribution in [1.29, 1.82) is 0 Å². The van der Waals surface area contributed by atoms with Gasteiger partial charge >= 0.3 is 5.97 Å². The molecule has 0 unspecified atom stereocenters. The summed E-state index contributed by atoms with van der Waals surface area (Å²) in [7, 11) is 1.31. The lowest BCUT2D eigenvalue weighted by Crippen LogP contribution is -2.03. The van der Waals surface area contributed by atoms with Crippen molar-refractivity contribution in [3.63, 3.8) is 0 Å². The standard InChI is InChI=1S/C14H11N5O4S/c1-23-12(20)8-24-14-16-13-15-6-5-11(18(13)17-14)9-3-2-4-10(7-9)19(21)22/h2-7H,8H2,1H3. The summed E-state index contributed by atoms with van der Waals surface area (Å²) >= 11 is 1.12. The van der Waals surface area contributed by atoms with Gasteiger partial charge in [0.25, 0.3) is 11.5 Å². The van der Waals surface area contributed by atoms with Crippen LogP contribution in [0.15, 0.2) is 41.7 Å². The minimum Gasteiger partial charge on any atom is -0.468 e. The maximum atomic E-state index is 11.2. The average Bonchev–Trinajstić information content (AvgIpc) is 3.02. The molecule has 0 aliphatic heterocycles. The van der Waals surface area contributed by atoms with E-state index in [-0.39, 0.29) is 17.4 Å². The third-order valence-corrected chi connectivity index (χ3v) is 3.93. The number of nitrogens with zero attached hydrogens (tertiary/aromatic N) is 5. The molecule has 122 valence electrons. The zero-order valence-electron chi connectivity index (χ0n) is 12.4. The number of nitro groups is 1. The summed E-state index contributed by atoms with van der Waals surface area (Å²) in [5, 5.41) is 15.6. The second-order valence-electron chi connectivity index (χ2n) is 4.61. The highest BCUT2D eigenvalue weighted by Gasteiger charge is 2.14. The summed E-state index contributed by atoms with van der Waals surface area (Å²) in [6.45, 7) is 0. The summed E-state index contributed by atoms with van der Waals surface area (Å²) in [5.41, 5.74) is 1.21. The summed E-state index contributed by atoms with van der Waals surface area (Å²) in [4.78, 5) is 30.0. The van der Waals surface area contributed by atoms with Crippen LogP contribution in [-0.4, -0.2) is 43.3 Å². The quantitative estimate of drug-likeness (QED) is 0.298. The summed E-state index contributed by atoms with van der Waals surface area (Å²) in [6, 6.07) is 7.91. The number of benzene rings is 1. The molecule has 0 saturated carbocycles. The van der Waals surface area contributed by atoms with Gasteiger partial charge in [0.05, 0.1) is 23.5 Å². The van der Waals surface area contributed by atoms with Crippen LogP contribution in [0.4, 0.5) is 5.69 Å². The molecule has 3 rings (SSSR count). The van der Waals surface area contributed by atoms with E-state index in [2.05, 4.69) is 19.8 Å². The number of thioether (sulfide) groups is 1. The first-order chi connectivity index (χ1) is 11.6. The number of nitro benzene ring substituents is 1. The Hall–Kier alpha value is -3.01. The molecule has 3 aromatic rings. The number of methoxy groups -OCH3 is 1. The van der Waals surface area contributed by atoms with Crippen LogP contribution >= 0.6 is 11.8 Å². The number of carbonyl (C=O) groups excluding carboxylic acids is 1. The monoisotopic (exact) mass is 345 g/mol. The third kappa shape index (κ3) is 3.18. The molecule has 1 aromatic carbocycles. The fraction of sp³-hybridized carbons (Fsp3) is 0.143. The first kappa shape index (κ1) is 15.9. The van der Waals surface area contributed by atoms with Crippen molar-refractivity contribution in [2.75, 3.05) is 12.9 Å². The van der Waals surface area contributed by atoms with Crippen molar-refractivity contribution in [1.82, 2.24) is 19.6 Å². The highest BCUT2D eigenvalue weighted by molar-refractivity contribution is 7.99. The SMILES string of the molecule is COC(=O)CSc1nc2nccc(-c3cccc([N+](=O)[O-])c3)n2n1. The third-order valence-electron chi connectivity index (χ3n) is 3.12. The van der Waals surface area contributed by atoms with Gasteiger partial charge in [-0.3, -0.25) is 14.9 Å². The van der Waals surface area contributed by atoms with Crippen molar-refractivity contribution < 1.29 is 14.5 Å². The molecule has 10 heteroatoms. The van der Waals surface area contributed by atoms with Gasteiger partial charge in [-0.15, -0.1) is 5.10 Å². The maximum Gasteiger partial charge on any atom is 0.316 e. The second-order valence-corrected chi connectivity index (χ2v) is 5.55. The molecule has 0 aliphatic rings. The average molecular weight is 345 g/mol. The molecule has 0 fully saturated rings. The van der Waals surface area contributed by atoms with Crippen molar-refractivity contribution in [2.45, 2.75) is 5.16 Å². The van der Waals surface area contributed by atoms with Crippen LogP contribution in [0.2, 0.25) is 0 Å². The molecule has 0 bridgehead atoms. The Labute approximate surface area is 139 Å². The van der Waals surface area contributed by atoms with E-state index in [0.717, 1.165) is 11.8 Å². The van der Waals surface area contributed by atoms with E-state index in [4.69, 9.17) is 0 Å². The van der Waals surface area contributed by atoms with Gasteiger partial charge < -0.3 is 4.74 Å². The molecule has 0 N–H and O–H groups in total. The van der Waals surface area contributed by atoms with Gasteiger partial charge in [-0.2, -0.15) is 9.50 Å². The van der Waals surface area contributed by atoms with Gasteiger partial charge in [0.15, 0.2) is 0 Å². The van der Waals surface area contributed by atoms with Gasteiger partial charge in [-0.05, 0) is 6.07 Å². The fourth-order valence-corrected chi connectivity index (χ4v) is 2.67. The lowest BCUT2D eigenvalue weighted by molar-refractivity contribution is -0.384. The van der Waals surface area contributed by atoms with E-state index < -0.39 is 4.92 Å². The van der Waals surface area contributed by atoms with Crippen molar-refractivity contribution in [3.8, 4) is 11.3 Å². The number of ether oxygens (including phenoxy) is 1. The zero-order chi connectivity index (χ0) is 17.1. The molecular weight excluding hydrogens is 334 g/mol. The van der Waals surface area contributed by atoms with E-state index in [0.29, 0.717) is 22.2 Å². The van der Waals surface area contributed by atoms with E-state index in [9.17, 15) is 14.9 Å². The molecular formula is C14H11N5O4S. The number of hydrogen-bond donors (Lipinski definition) is 0. The van der Waals surface area contributed by atoms with E-state index in [1.54, 1.807) is 24.4 Å². The topological polar surface area (TPSA) is 113 Å². The molecule has 2 heterocycles. The molecule has 24 heavy (non-hydrogen) atoms. The smallest absolute Gasteiger partial charge is 0.316 e. The molecule has 0 spiro atoms. The molecule has 9 nitrogen and oxygen atoms in total. The Kier molecular flexibility index (Phi) is 4.38. The van der Waals surface area contributed by atoms with Crippen molar-refractivity contribution in [3.05, 3.63) is 46.6 Å². The summed E-state index contributed by atoms with van der Waals surface area (Å²) in [6.07, 6.45) is 1.55. The van der Waals surface area contributed by atoms with Crippen LogP contribution in [-0.2, 0) is 9.53 Å². The number of non-ortho nitro benzene ring substituents is 1. The first-order valence-electron chi connectivity index (χ1n) is 6.74. The van der Waals surface area contributed by atoms with E-state index >= 15 is 0 Å². The number of esters is 1. The normalized spacial score (nSPS) is 10.7. The van der Waals surface area contributed by atoms with Crippen LogP contribution in [0.3, 0.4) is 0 Å². The minimum atomic E-state index is -0.457. The van der Waals surface area contributed by atoms with Crippen molar-refractivity contribution in [2.24, 2.45) is 0 Å². The molecule has 0 amide bonds. The minimum absolute atomic E-state index is 0.0159. The van der Waals surface area contributed by atoms with Crippen LogP contribution < -0.4 is 0 Å². The summed E-state index contributed by atoms with van der Waals surface area (Å²) in [5.74, 6) is 0.0385. The Morgan fingerprint density at radius 2 is 2.25 bits per heavy atom. The Morgan fingerprint density at radius 3 is 3.00 bits per heavy atom. The summed E-state index contributed by atoms with van der Waals surface area (Å²) < 4.78 is 6.06. The Morgan fingerprint density at radius 1 is 1.42 bits per heavy atom. The van der Waals surface area contributed by atoms with Crippen molar-refractivity contribution >= 4 is 29.2 Å². The predicted octanol–water partition coefficient (Wildman–Crippen LogP) is 1.96. The number of carbonyl (C=O) groups is 1. The van der Waals surface area contributed by atoms with Gasteiger partial charge in [-0.25, -0.2) is 4.98 Å². The van der Waals surface area contributed by atoms with Crippen LogP contribution in [0, 0.1) is 10.1 Å². The Balaban J connectivity index is 1.99. The lowest BCUT2D eigenvalue weighted by Gasteiger charge is -2.03. The maximum absolute atomic E-state index is 11.2. The molecule has 0 radical (unpaired) electrons. The van der Waals surface area contributed by atoms with Crippen LogP contribution in [0.25, 0.3) is 17.0 Å². The second kappa shape index (κ2) is 6.62. The Bertz CT molecular complexity index is 926. The number of rotatable bonds is 5. The molecule has 0 atom stereocenters. The van der Waals surface area contributed by atoms with Gasteiger partial charge in [0.1, 0.15) is 0 Å². The molecule has 0 saturated heterocycles. The fourth-order valence-electron chi connectivity index (χ4n) is 2.02. The molecule has 0 aliphatic carbocycles. The zero-order valence-corrected chi connectivity index (χ0v) is 13.3. The number of hydrogen-bond acceptors (Lipinski definition) is 8. The van der Waals surface area contributed by atoms with E-state index in [1.807, 2.05) is 0 Å². The number of fused-ring (bicyclic) bond motifs is 1. The first-order valence-corrected chi connectivity index (χ1v) is 7.73. The van der Waals surface area contributed by atoms with E-state index in [1.165, 1.54) is 23.8 Å². The largest absolute Gasteiger partial charge is 0.468 e. The highest BCUT2D eigenvalue weighted by Crippen LogP contribution is 2.24. The van der Waals surface area contributed by atoms with Gasteiger partial charge in [-0.1, -0.05) is 23.9 Å². The predicted molar refractivity (Wildman–Crippen MR) is 85.6 cm³/mol. The highest BCUT2D eigenvalue weighted by atomic mass is 32.2. The van der Waals surface area contributed by atoms with Crippen LogP contribution in [0.5, 0.6) is 0 Å². The number of aromatic nitrogens is 4.